The van der Waals surface area contributed by atoms with Crippen molar-refractivity contribution in [3.8, 4) is 0 Å². The van der Waals surface area contributed by atoms with Crippen LogP contribution in [-0.2, 0) is 17.9 Å². The molecule has 2 aromatic heterocycles. The molecular formula is C15H21ClN6O2. The van der Waals surface area contributed by atoms with Crippen LogP contribution >= 0.6 is 11.6 Å². The number of piperazine rings is 1. The highest BCUT2D eigenvalue weighted by molar-refractivity contribution is 6.30. The molecule has 0 radical (unpaired) electrons. The summed E-state index contributed by atoms with van der Waals surface area (Å²) in [4.78, 5) is 16.8. The predicted octanol–water partition coefficient (Wildman–Crippen LogP) is 1.21. The molecule has 9 heteroatoms. The molecule has 0 aromatic carbocycles. The van der Waals surface area contributed by atoms with E-state index in [1.807, 2.05) is 18.7 Å². The number of nitrogens with zero attached hydrogens (tertiary/aromatic N) is 6. The van der Waals surface area contributed by atoms with Gasteiger partial charge in [-0.25, -0.2) is 4.63 Å². The van der Waals surface area contributed by atoms with Gasteiger partial charge in [-0.1, -0.05) is 28.8 Å². The SMILES string of the molecule is Cc1nonc1CN1CCN(C(=O)C(C)Cn2cc(Cl)cn2)CC1. The van der Waals surface area contributed by atoms with Crippen molar-refractivity contribution in [3.05, 3.63) is 28.8 Å². The van der Waals surface area contributed by atoms with E-state index < -0.39 is 0 Å². The van der Waals surface area contributed by atoms with Gasteiger partial charge in [0.15, 0.2) is 0 Å². The molecule has 1 aliphatic heterocycles. The molecule has 24 heavy (non-hydrogen) atoms. The highest BCUT2D eigenvalue weighted by Crippen LogP contribution is 2.13. The summed E-state index contributed by atoms with van der Waals surface area (Å²) in [5, 5.41) is 12.4. The molecule has 0 N–H and O–H groups in total. The molecule has 0 saturated carbocycles. The number of halogens is 1. The van der Waals surface area contributed by atoms with Gasteiger partial charge in [0.2, 0.25) is 5.91 Å². The third kappa shape index (κ3) is 3.93. The van der Waals surface area contributed by atoms with Gasteiger partial charge in [0.05, 0.1) is 23.7 Å². The second-order valence-corrected chi connectivity index (χ2v) is 6.62. The number of rotatable bonds is 5. The summed E-state index contributed by atoms with van der Waals surface area (Å²) in [6.07, 6.45) is 3.32. The third-order valence-corrected chi connectivity index (χ3v) is 4.48. The van der Waals surface area contributed by atoms with Crippen LogP contribution in [0.25, 0.3) is 0 Å². The molecule has 8 nitrogen and oxygen atoms in total. The zero-order valence-electron chi connectivity index (χ0n) is 13.9. The van der Waals surface area contributed by atoms with E-state index in [2.05, 4.69) is 20.3 Å². The van der Waals surface area contributed by atoms with Crippen LogP contribution in [-0.4, -0.2) is 62.0 Å². The van der Waals surface area contributed by atoms with Gasteiger partial charge < -0.3 is 4.90 Å². The quantitative estimate of drug-likeness (QED) is 0.804. The van der Waals surface area contributed by atoms with Crippen molar-refractivity contribution in [2.45, 2.75) is 26.9 Å². The minimum atomic E-state index is -0.130. The largest absolute Gasteiger partial charge is 0.340 e. The molecule has 2 aromatic rings. The van der Waals surface area contributed by atoms with Crippen LogP contribution in [0.15, 0.2) is 17.0 Å². The number of aromatic nitrogens is 4. The minimum absolute atomic E-state index is 0.130. The van der Waals surface area contributed by atoms with Crippen molar-refractivity contribution in [2.24, 2.45) is 5.92 Å². The number of hydrogen-bond donors (Lipinski definition) is 0. The maximum atomic E-state index is 12.6. The Morgan fingerprint density at radius 2 is 2.08 bits per heavy atom. The molecule has 0 aliphatic carbocycles. The Hall–Kier alpha value is -1.93. The lowest BCUT2D eigenvalue weighted by Crippen LogP contribution is -2.50. The fraction of sp³-hybridized carbons (Fsp3) is 0.600. The fourth-order valence-corrected chi connectivity index (χ4v) is 3.00. The van der Waals surface area contributed by atoms with Gasteiger partial charge in [-0.15, -0.1) is 0 Å². The lowest BCUT2D eigenvalue weighted by atomic mass is 10.1. The van der Waals surface area contributed by atoms with Crippen molar-refractivity contribution in [1.82, 2.24) is 29.9 Å². The molecule has 1 saturated heterocycles. The van der Waals surface area contributed by atoms with Crippen LogP contribution in [0, 0.1) is 12.8 Å². The number of hydrogen-bond acceptors (Lipinski definition) is 6. The predicted molar refractivity (Wildman–Crippen MR) is 87.3 cm³/mol. The molecule has 0 spiro atoms. The molecule has 3 rings (SSSR count). The van der Waals surface area contributed by atoms with Crippen LogP contribution in [0.2, 0.25) is 5.02 Å². The van der Waals surface area contributed by atoms with Gasteiger partial charge in [0.1, 0.15) is 11.4 Å². The Kier molecular flexibility index (Phi) is 5.15. The molecule has 0 bridgehead atoms. The monoisotopic (exact) mass is 352 g/mol. The molecule has 3 heterocycles. The second kappa shape index (κ2) is 7.31. The first kappa shape index (κ1) is 16.9. The standard InChI is InChI=1S/C15H21ClN6O2/c1-11(8-22-9-13(16)7-17-22)15(23)21-5-3-20(4-6-21)10-14-12(2)18-24-19-14/h7,9,11H,3-6,8,10H2,1-2H3. The maximum Gasteiger partial charge on any atom is 0.227 e. The third-order valence-electron chi connectivity index (χ3n) is 4.29. The van der Waals surface area contributed by atoms with Crippen LogP contribution < -0.4 is 0 Å². The molecule has 130 valence electrons. The van der Waals surface area contributed by atoms with Crippen molar-refractivity contribution in [1.29, 1.82) is 0 Å². The molecule has 1 fully saturated rings. The summed E-state index contributed by atoms with van der Waals surface area (Å²) < 4.78 is 6.44. The van der Waals surface area contributed by atoms with Crippen LogP contribution in [0.1, 0.15) is 18.3 Å². The molecular weight excluding hydrogens is 332 g/mol. The first-order valence-electron chi connectivity index (χ1n) is 8.00. The number of aryl methyl sites for hydroxylation is 1. The van der Waals surface area contributed by atoms with Gasteiger partial charge in [-0.05, 0) is 6.92 Å². The van der Waals surface area contributed by atoms with Crippen LogP contribution in [0.5, 0.6) is 0 Å². The summed E-state index contributed by atoms with van der Waals surface area (Å²) in [7, 11) is 0. The van der Waals surface area contributed by atoms with Crippen molar-refractivity contribution in [3.63, 3.8) is 0 Å². The van der Waals surface area contributed by atoms with Gasteiger partial charge in [0.25, 0.3) is 0 Å². The van der Waals surface area contributed by atoms with E-state index in [-0.39, 0.29) is 11.8 Å². The van der Waals surface area contributed by atoms with E-state index in [4.69, 9.17) is 16.2 Å². The van der Waals surface area contributed by atoms with Gasteiger partial charge in [-0.2, -0.15) is 5.10 Å². The van der Waals surface area contributed by atoms with Gasteiger partial charge in [-0.3, -0.25) is 14.4 Å². The molecule has 1 amide bonds. The first-order valence-corrected chi connectivity index (χ1v) is 8.38. The number of carbonyl (C=O) groups is 1. The molecule has 1 atom stereocenters. The van der Waals surface area contributed by atoms with Crippen molar-refractivity contribution < 1.29 is 9.42 Å². The van der Waals surface area contributed by atoms with Crippen molar-refractivity contribution >= 4 is 17.5 Å². The highest BCUT2D eigenvalue weighted by atomic mass is 35.5. The molecule has 1 aliphatic rings. The Morgan fingerprint density at radius 3 is 2.67 bits per heavy atom. The average Bonchev–Trinajstić information content (AvgIpc) is 3.16. The summed E-state index contributed by atoms with van der Waals surface area (Å²) in [6, 6.07) is 0. The second-order valence-electron chi connectivity index (χ2n) is 6.18. The van der Waals surface area contributed by atoms with Gasteiger partial charge in [0, 0.05) is 38.9 Å². The lowest BCUT2D eigenvalue weighted by molar-refractivity contribution is -0.137. The molecule has 1 unspecified atom stereocenters. The van der Waals surface area contributed by atoms with Crippen LogP contribution in [0.4, 0.5) is 0 Å². The highest BCUT2D eigenvalue weighted by Gasteiger charge is 2.26. The van der Waals surface area contributed by atoms with E-state index in [1.54, 1.807) is 17.1 Å². The zero-order valence-corrected chi connectivity index (χ0v) is 14.6. The Bertz CT molecular complexity index is 692. The van der Waals surface area contributed by atoms with Gasteiger partial charge >= 0.3 is 0 Å². The van der Waals surface area contributed by atoms with Crippen LogP contribution in [0.3, 0.4) is 0 Å². The van der Waals surface area contributed by atoms with E-state index in [0.29, 0.717) is 31.2 Å². The fourth-order valence-electron chi connectivity index (χ4n) is 2.84. The Morgan fingerprint density at radius 1 is 1.33 bits per heavy atom. The maximum absolute atomic E-state index is 12.6. The lowest BCUT2D eigenvalue weighted by Gasteiger charge is -2.35. The van der Waals surface area contributed by atoms with E-state index >= 15 is 0 Å². The van der Waals surface area contributed by atoms with E-state index in [9.17, 15) is 4.79 Å². The number of carbonyl (C=O) groups excluding carboxylic acids is 1. The summed E-state index contributed by atoms with van der Waals surface area (Å²) in [6.45, 7) is 8.12. The zero-order chi connectivity index (χ0) is 17.1. The first-order chi connectivity index (χ1) is 11.5. The van der Waals surface area contributed by atoms with Crippen molar-refractivity contribution in [2.75, 3.05) is 26.2 Å². The normalized spacial score (nSPS) is 17.2. The topological polar surface area (TPSA) is 80.3 Å². The Balaban J connectivity index is 1.48. The number of amides is 1. The smallest absolute Gasteiger partial charge is 0.227 e. The summed E-state index contributed by atoms with van der Waals surface area (Å²) >= 11 is 5.86. The van der Waals surface area contributed by atoms with E-state index in [0.717, 1.165) is 24.5 Å². The summed E-state index contributed by atoms with van der Waals surface area (Å²) in [5.41, 5.74) is 1.68. The Labute approximate surface area is 145 Å². The van der Waals surface area contributed by atoms with E-state index in [1.165, 1.54) is 0 Å². The minimum Gasteiger partial charge on any atom is -0.340 e. The summed E-state index contributed by atoms with van der Waals surface area (Å²) in [5.74, 6) is 0.0232. The average molecular weight is 353 g/mol.